The van der Waals surface area contributed by atoms with Gasteiger partial charge in [0.15, 0.2) is 0 Å². The van der Waals surface area contributed by atoms with Crippen molar-refractivity contribution in [2.24, 2.45) is 0 Å². The maximum absolute atomic E-state index is 12.1. The normalized spacial score (nSPS) is 13.2. The van der Waals surface area contributed by atoms with Gasteiger partial charge in [0.1, 0.15) is 0 Å². The van der Waals surface area contributed by atoms with E-state index in [2.05, 4.69) is 10.1 Å². The van der Waals surface area contributed by atoms with Gasteiger partial charge in [0.2, 0.25) is 6.10 Å². The van der Waals surface area contributed by atoms with E-state index in [0.717, 1.165) is 4.88 Å². The second kappa shape index (κ2) is 6.58. The minimum atomic E-state index is -5.45. The van der Waals surface area contributed by atoms with Crippen LogP contribution in [0.5, 0.6) is 0 Å². The van der Waals surface area contributed by atoms with Crippen LogP contribution in [-0.2, 0) is 11.3 Å². The van der Waals surface area contributed by atoms with E-state index in [9.17, 15) is 26.3 Å². The Morgan fingerprint density at radius 1 is 1.16 bits per heavy atom. The molecule has 0 bridgehead atoms. The molecule has 0 atom stereocenters. The molecular formula is C10H11F6NOS. The fraction of sp³-hybridized carbons (Fsp3) is 0.600. The number of alkyl halides is 6. The van der Waals surface area contributed by atoms with Crippen LogP contribution in [0.15, 0.2) is 17.5 Å². The first-order valence-electron chi connectivity index (χ1n) is 5.19. The molecule has 9 heteroatoms. The summed E-state index contributed by atoms with van der Waals surface area (Å²) in [5.41, 5.74) is 0. The third kappa shape index (κ3) is 5.79. The van der Waals surface area contributed by atoms with E-state index in [-0.39, 0.29) is 6.54 Å². The summed E-state index contributed by atoms with van der Waals surface area (Å²) in [7, 11) is 0. The molecule has 0 saturated carbocycles. The SMILES string of the molecule is FC(F)(F)C(OCCNCc1cccs1)C(F)(F)F. The Labute approximate surface area is 109 Å². The molecule has 1 aromatic rings. The molecule has 1 heterocycles. The first-order valence-corrected chi connectivity index (χ1v) is 6.07. The molecule has 19 heavy (non-hydrogen) atoms. The summed E-state index contributed by atoms with van der Waals surface area (Å²) < 4.78 is 76.4. The molecule has 0 unspecified atom stereocenters. The topological polar surface area (TPSA) is 21.3 Å². The maximum atomic E-state index is 12.1. The van der Waals surface area contributed by atoms with Crippen LogP contribution in [0.4, 0.5) is 26.3 Å². The maximum Gasteiger partial charge on any atom is 0.423 e. The predicted octanol–water partition coefficient (Wildman–Crippen LogP) is 3.35. The van der Waals surface area contributed by atoms with Gasteiger partial charge >= 0.3 is 12.4 Å². The first-order chi connectivity index (χ1) is 8.71. The van der Waals surface area contributed by atoms with Gasteiger partial charge in [0.05, 0.1) is 6.61 Å². The average Bonchev–Trinajstić information content (AvgIpc) is 2.72. The molecule has 0 fully saturated rings. The predicted molar refractivity (Wildman–Crippen MR) is 57.9 cm³/mol. The van der Waals surface area contributed by atoms with Crippen LogP contribution in [-0.4, -0.2) is 31.6 Å². The zero-order valence-electron chi connectivity index (χ0n) is 9.52. The van der Waals surface area contributed by atoms with E-state index in [1.165, 1.54) is 11.3 Å². The number of nitrogens with one attached hydrogen (secondary N) is 1. The van der Waals surface area contributed by atoms with Gasteiger partial charge in [0, 0.05) is 18.0 Å². The molecule has 0 radical (unpaired) electrons. The quantitative estimate of drug-likeness (QED) is 0.643. The summed E-state index contributed by atoms with van der Waals surface area (Å²) in [6, 6.07) is 3.59. The molecule has 0 aromatic carbocycles. The molecule has 0 saturated heterocycles. The van der Waals surface area contributed by atoms with Crippen LogP contribution < -0.4 is 5.32 Å². The fourth-order valence-corrected chi connectivity index (χ4v) is 1.92. The van der Waals surface area contributed by atoms with E-state index in [4.69, 9.17) is 0 Å². The molecule has 0 amide bonds. The van der Waals surface area contributed by atoms with Crippen molar-refractivity contribution < 1.29 is 31.1 Å². The fourth-order valence-electron chi connectivity index (χ4n) is 1.25. The van der Waals surface area contributed by atoms with E-state index >= 15 is 0 Å². The van der Waals surface area contributed by atoms with Gasteiger partial charge in [-0.1, -0.05) is 6.07 Å². The highest BCUT2D eigenvalue weighted by Gasteiger charge is 2.57. The van der Waals surface area contributed by atoms with Crippen LogP contribution >= 0.6 is 11.3 Å². The van der Waals surface area contributed by atoms with Gasteiger partial charge in [-0.05, 0) is 11.4 Å². The van der Waals surface area contributed by atoms with Crippen molar-refractivity contribution in [2.75, 3.05) is 13.2 Å². The third-order valence-corrected chi connectivity index (χ3v) is 2.91. The molecule has 110 valence electrons. The Morgan fingerprint density at radius 3 is 2.26 bits per heavy atom. The van der Waals surface area contributed by atoms with Crippen molar-refractivity contribution >= 4 is 11.3 Å². The average molecular weight is 307 g/mol. The van der Waals surface area contributed by atoms with Crippen molar-refractivity contribution in [3.05, 3.63) is 22.4 Å². The number of halogens is 6. The third-order valence-electron chi connectivity index (χ3n) is 2.04. The summed E-state index contributed by atoms with van der Waals surface area (Å²) in [5.74, 6) is 0. The van der Waals surface area contributed by atoms with Crippen molar-refractivity contribution in [3.8, 4) is 0 Å². The number of hydrogen-bond acceptors (Lipinski definition) is 3. The van der Waals surface area contributed by atoms with E-state index in [1.807, 2.05) is 5.38 Å². The van der Waals surface area contributed by atoms with Crippen molar-refractivity contribution in [3.63, 3.8) is 0 Å². The van der Waals surface area contributed by atoms with Gasteiger partial charge in [-0.3, -0.25) is 0 Å². The lowest BCUT2D eigenvalue weighted by Gasteiger charge is -2.23. The number of rotatable bonds is 6. The minimum absolute atomic E-state index is 0.0967. The molecule has 0 aliphatic carbocycles. The van der Waals surface area contributed by atoms with Crippen LogP contribution in [0.3, 0.4) is 0 Å². The Bertz CT molecular complexity index is 347. The van der Waals surface area contributed by atoms with Crippen LogP contribution in [0, 0.1) is 0 Å². The van der Waals surface area contributed by atoms with Crippen molar-refractivity contribution in [1.29, 1.82) is 0 Å². The van der Waals surface area contributed by atoms with E-state index in [0.29, 0.717) is 6.54 Å². The molecule has 0 aliphatic rings. The van der Waals surface area contributed by atoms with Gasteiger partial charge in [0.25, 0.3) is 0 Å². The lowest BCUT2D eigenvalue weighted by atomic mass is 10.3. The second-order valence-electron chi connectivity index (χ2n) is 3.59. The van der Waals surface area contributed by atoms with Crippen LogP contribution in [0.1, 0.15) is 4.88 Å². The van der Waals surface area contributed by atoms with E-state index < -0.39 is 25.1 Å². The molecule has 1 aromatic heterocycles. The Balaban J connectivity index is 2.29. The molecule has 1 N–H and O–H groups in total. The van der Waals surface area contributed by atoms with Crippen LogP contribution in [0.2, 0.25) is 0 Å². The number of hydrogen-bond donors (Lipinski definition) is 1. The first kappa shape index (κ1) is 16.3. The molecular weight excluding hydrogens is 296 g/mol. The lowest BCUT2D eigenvalue weighted by molar-refractivity contribution is -0.321. The number of thiophene rings is 1. The minimum Gasteiger partial charge on any atom is -0.360 e. The summed E-state index contributed by atoms with van der Waals surface area (Å²) in [6.07, 6.45) is -14.6. The summed E-state index contributed by atoms with van der Waals surface area (Å²) in [4.78, 5) is 0.934. The van der Waals surface area contributed by atoms with Gasteiger partial charge in [-0.2, -0.15) is 26.3 Å². The summed E-state index contributed by atoms with van der Waals surface area (Å²) in [6.45, 7) is -0.390. The second-order valence-corrected chi connectivity index (χ2v) is 4.62. The largest absolute Gasteiger partial charge is 0.423 e. The summed E-state index contributed by atoms with van der Waals surface area (Å²) in [5, 5.41) is 4.51. The standard InChI is InChI=1S/C10H11F6NOS/c11-9(12,13)8(10(14,15)16)18-4-3-17-6-7-2-1-5-19-7/h1-2,5,8,17H,3-4,6H2. The zero-order chi connectivity index (χ0) is 14.5. The Hall–Kier alpha value is -0.800. The van der Waals surface area contributed by atoms with Crippen LogP contribution in [0.25, 0.3) is 0 Å². The van der Waals surface area contributed by atoms with Gasteiger partial charge < -0.3 is 10.1 Å². The molecule has 1 rings (SSSR count). The molecule has 0 spiro atoms. The van der Waals surface area contributed by atoms with Gasteiger partial charge in [-0.25, -0.2) is 0 Å². The highest BCUT2D eigenvalue weighted by Crippen LogP contribution is 2.35. The zero-order valence-corrected chi connectivity index (χ0v) is 10.3. The Morgan fingerprint density at radius 2 is 1.79 bits per heavy atom. The molecule has 2 nitrogen and oxygen atoms in total. The smallest absolute Gasteiger partial charge is 0.360 e. The lowest BCUT2D eigenvalue weighted by Crippen LogP contribution is -2.45. The highest BCUT2D eigenvalue weighted by molar-refractivity contribution is 7.09. The molecule has 0 aliphatic heterocycles. The monoisotopic (exact) mass is 307 g/mol. The highest BCUT2D eigenvalue weighted by atomic mass is 32.1. The van der Waals surface area contributed by atoms with Crippen molar-refractivity contribution in [1.82, 2.24) is 5.32 Å². The van der Waals surface area contributed by atoms with Gasteiger partial charge in [-0.15, -0.1) is 11.3 Å². The van der Waals surface area contributed by atoms with E-state index in [1.54, 1.807) is 12.1 Å². The number of ether oxygens (including phenoxy) is 1. The van der Waals surface area contributed by atoms with Crippen molar-refractivity contribution in [2.45, 2.75) is 25.0 Å². The summed E-state index contributed by atoms with van der Waals surface area (Å²) >= 11 is 1.43. The Kier molecular flexibility index (Phi) is 5.63.